The molecule has 0 aliphatic carbocycles. The minimum absolute atomic E-state index is 0.212. The number of hydrogen-bond acceptors (Lipinski definition) is 2. The predicted molar refractivity (Wildman–Crippen MR) is 69.5 cm³/mol. The fourth-order valence-electron chi connectivity index (χ4n) is 1.09. The van der Waals surface area contributed by atoms with Gasteiger partial charge in [-0.2, -0.15) is 0 Å². The predicted octanol–water partition coefficient (Wildman–Crippen LogP) is 3.52. The third-order valence-corrected chi connectivity index (χ3v) is 2.10. The van der Waals surface area contributed by atoms with Gasteiger partial charge in [-0.3, -0.25) is 5.32 Å². The topological polar surface area (TPSA) is 38.3 Å². The number of halogens is 2. The van der Waals surface area contributed by atoms with Crippen molar-refractivity contribution in [1.29, 1.82) is 0 Å². The second kappa shape index (κ2) is 7.05. The fourth-order valence-corrected chi connectivity index (χ4v) is 1.35. The van der Waals surface area contributed by atoms with Gasteiger partial charge in [0, 0.05) is 10.7 Å². The molecule has 0 bridgehead atoms. The number of benzene rings is 1. The lowest BCUT2D eigenvalue weighted by Gasteiger charge is -2.09. The van der Waals surface area contributed by atoms with Crippen LogP contribution in [0.25, 0.3) is 0 Å². The Morgan fingerprint density at radius 2 is 2.35 bits per heavy atom. The van der Waals surface area contributed by atoms with Crippen LogP contribution in [0.15, 0.2) is 24.3 Å². The van der Waals surface area contributed by atoms with Gasteiger partial charge in [-0.25, -0.2) is 4.79 Å². The average Bonchev–Trinajstić information content (AvgIpc) is 2.26. The average molecular weight is 272 g/mol. The molecule has 1 unspecified atom stereocenters. The van der Waals surface area contributed by atoms with Crippen molar-refractivity contribution in [3.8, 4) is 11.8 Å². The summed E-state index contributed by atoms with van der Waals surface area (Å²) < 4.78 is 4.97. The number of rotatable bonds is 2. The number of alkyl halides is 1. The van der Waals surface area contributed by atoms with Crippen LogP contribution in [0.5, 0.6) is 0 Å². The lowest BCUT2D eigenvalue weighted by Crippen LogP contribution is -2.19. The largest absolute Gasteiger partial charge is 0.433 e. The molecule has 17 heavy (non-hydrogen) atoms. The normalized spacial score (nSPS) is 11.0. The van der Waals surface area contributed by atoms with E-state index in [-0.39, 0.29) is 5.88 Å². The first-order valence-electron chi connectivity index (χ1n) is 4.89. The monoisotopic (exact) mass is 271 g/mol. The van der Waals surface area contributed by atoms with E-state index in [4.69, 9.17) is 27.9 Å². The number of carbonyl (C=O) groups is 1. The van der Waals surface area contributed by atoms with Crippen molar-refractivity contribution < 1.29 is 9.53 Å². The third-order valence-electron chi connectivity index (χ3n) is 1.73. The Morgan fingerprint density at radius 3 is 3.00 bits per heavy atom. The van der Waals surface area contributed by atoms with Gasteiger partial charge in [0.2, 0.25) is 0 Å². The molecule has 0 saturated carbocycles. The molecule has 1 atom stereocenters. The molecule has 0 saturated heterocycles. The summed E-state index contributed by atoms with van der Waals surface area (Å²) in [6, 6.07) is 6.78. The van der Waals surface area contributed by atoms with Crippen LogP contribution in [0, 0.1) is 11.8 Å². The van der Waals surface area contributed by atoms with Gasteiger partial charge in [-0.15, -0.1) is 11.6 Å². The first-order chi connectivity index (χ1) is 8.11. The van der Waals surface area contributed by atoms with Crippen LogP contribution in [0.4, 0.5) is 10.5 Å². The molecule has 3 nitrogen and oxygen atoms in total. The Balaban J connectivity index is 2.50. The standard InChI is InChI=1S/C12H11Cl2NO2/c1-9(4-3-7-13)17-12(16)15-11-6-2-5-10(14)8-11/h2,5-6,8-9H,7H2,1H3,(H,15,16). The van der Waals surface area contributed by atoms with E-state index in [9.17, 15) is 4.79 Å². The molecule has 90 valence electrons. The summed E-state index contributed by atoms with van der Waals surface area (Å²) in [6.45, 7) is 1.66. The molecule has 0 spiro atoms. The maximum atomic E-state index is 11.4. The molecule has 0 heterocycles. The summed E-state index contributed by atoms with van der Waals surface area (Å²) in [5.41, 5.74) is 0.569. The highest BCUT2D eigenvalue weighted by molar-refractivity contribution is 6.30. The Kier molecular flexibility index (Phi) is 5.68. The van der Waals surface area contributed by atoms with Crippen LogP contribution in [-0.2, 0) is 4.74 Å². The maximum absolute atomic E-state index is 11.4. The van der Waals surface area contributed by atoms with Crippen LogP contribution in [0.2, 0.25) is 5.02 Å². The molecule has 1 amide bonds. The van der Waals surface area contributed by atoms with E-state index in [1.807, 2.05) is 0 Å². The minimum atomic E-state index is -0.580. The van der Waals surface area contributed by atoms with Crippen LogP contribution >= 0.6 is 23.2 Å². The third kappa shape index (κ3) is 5.48. The van der Waals surface area contributed by atoms with Crippen molar-refractivity contribution in [3.63, 3.8) is 0 Å². The van der Waals surface area contributed by atoms with Crippen molar-refractivity contribution >= 4 is 35.0 Å². The summed E-state index contributed by atoms with van der Waals surface area (Å²) in [6.07, 6.45) is -1.09. The summed E-state index contributed by atoms with van der Waals surface area (Å²) in [5.74, 6) is 5.50. The van der Waals surface area contributed by atoms with Crippen molar-refractivity contribution in [2.24, 2.45) is 0 Å². The Morgan fingerprint density at radius 1 is 1.59 bits per heavy atom. The molecule has 0 aromatic heterocycles. The van der Waals surface area contributed by atoms with Gasteiger partial charge in [-0.05, 0) is 25.1 Å². The van der Waals surface area contributed by atoms with Crippen LogP contribution < -0.4 is 5.32 Å². The second-order valence-corrected chi connectivity index (χ2v) is 3.84. The van der Waals surface area contributed by atoms with E-state index < -0.39 is 12.2 Å². The smallest absolute Gasteiger partial charge is 0.412 e. The first kappa shape index (κ1) is 13.7. The summed E-state index contributed by atoms with van der Waals surface area (Å²) >= 11 is 11.2. The van der Waals surface area contributed by atoms with E-state index in [2.05, 4.69) is 17.2 Å². The van der Waals surface area contributed by atoms with Crippen molar-refractivity contribution in [1.82, 2.24) is 0 Å². The van der Waals surface area contributed by atoms with Crippen molar-refractivity contribution in [3.05, 3.63) is 29.3 Å². The van der Waals surface area contributed by atoms with Crippen LogP contribution in [0.1, 0.15) is 6.92 Å². The van der Waals surface area contributed by atoms with Gasteiger partial charge in [-0.1, -0.05) is 29.5 Å². The molecule has 1 N–H and O–H groups in total. The summed E-state index contributed by atoms with van der Waals surface area (Å²) in [7, 11) is 0. The summed E-state index contributed by atoms with van der Waals surface area (Å²) in [4.78, 5) is 11.4. The SMILES string of the molecule is CC(C#CCCl)OC(=O)Nc1cccc(Cl)c1. The van der Waals surface area contributed by atoms with Crippen molar-refractivity contribution in [2.45, 2.75) is 13.0 Å². The van der Waals surface area contributed by atoms with Gasteiger partial charge in [0.1, 0.15) is 0 Å². The van der Waals surface area contributed by atoms with E-state index in [1.54, 1.807) is 31.2 Å². The highest BCUT2D eigenvalue weighted by Crippen LogP contribution is 2.15. The lowest BCUT2D eigenvalue weighted by molar-refractivity contribution is 0.145. The van der Waals surface area contributed by atoms with E-state index in [1.165, 1.54) is 0 Å². The molecule has 5 heteroatoms. The van der Waals surface area contributed by atoms with Gasteiger partial charge in [0.15, 0.2) is 6.10 Å². The number of carbonyl (C=O) groups excluding carboxylic acids is 1. The maximum Gasteiger partial charge on any atom is 0.412 e. The number of hydrogen-bond donors (Lipinski definition) is 1. The van der Waals surface area contributed by atoms with Crippen LogP contribution in [-0.4, -0.2) is 18.1 Å². The van der Waals surface area contributed by atoms with Gasteiger partial charge >= 0.3 is 6.09 Å². The van der Waals surface area contributed by atoms with E-state index in [0.29, 0.717) is 10.7 Å². The lowest BCUT2D eigenvalue weighted by atomic mass is 10.3. The highest BCUT2D eigenvalue weighted by Gasteiger charge is 2.06. The second-order valence-electron chi connectivity index (χ2n) is 3.14. The molecule has 1 aromatic rings. The Hall–Kier alpha value is -1.37. The Bertz CT molecular complexity index is 451. The fraction of sp³-hybridized carbons (Fsp3) is 0.250. The van der Waals surface area contributed by atoms with Crippen molar-refractivity contribution in [2.75, 3.05) is 11.2 Å². The molecule has 1 aromatic carbocycles. The minimum Gasteiger partial charge on any atom is -0.433 e. The molecular formula is C12H11Cl2NO2. The van der Waals surface area contributed by atoms with E-state index >= 15 is 0 Å². The zero-order chi connectivity index (χ0) is 12.7. The number of nitrogens with one attached hydrogen (secondary N) is 1. The molecule has 0 radical (unpaired) electrons. The molecular weight excluding hydrogens is 261 g/mol. The highest BCUT2D eigenvalue weighted by atomic mass is 35.5. The molecule has 0 fully saturated rings. The molecule has 0 aliphatic rings. The summed E-state index contributed by atoms with van der Waals surface area (Å²) in [5, 5.41) is 3.08. The number of amides is 1. The van der Waals surface area contributed by atoms with Gasteiger partial charge in [0.05, 0.1) is 5.88 Å². The zero-order valence-corrected chi connectivity index (χ0v) is 10.7. The zero-order valence-electron chi connectivity index (χ0n) is 9.17. The van der Waals surface area contributed by atoms with Gasteiger partial charge in [0.25, 0.3) is 0 Å². The van der Waals surface area contributed by atoms with Crippen LogP contribution in [0.3, 0.4) is 0 Å². The quantitative estimate of drug-likeness (QED) is 0.660. The molecule has 0 aliphatic heterocycles. The van der Waals surface area contributed by atoms with Gasteiger partial charge < -0.3 is 4.74 Å². The number of ether oxygens (including phenoxy) is 1. The first-order valence-corrected chi connectivity index (χ1v) is 5.80. The Labute approximate surface area is 110 Å². The molecule has 1 rings (SSSR count). The number of anilines is 1. The van der Waals surface area contributed by atoms with E-state index in [0.717, 1.165) is 0 Å².